The van der Waals surface area contributed by atoms with Crippen LogP contribution in [0.2, 0.25) is 0 Å². The summed E-state index contributed by atoms with van der Waals surface area (Å²) in [6.07, 6.45) is 3.45. The molecule has 9 aromatic rings. The van der Waals surface area contributed by atoms with Crippen LogP contribution in [-0.2, 0) is 5.41 Å². The van der Waals surface area contributed by atoms with Crippen LogP contribution < -0.4 is 37.7 Å². The second kappa shape index (κ2) is 13.9. The first kappa shape index (κ1) is 35.2. The number of hydrogen-bond acceptors (Lipinski definition) is 3. The second-order valence-electron chi connectivity index (χ2n) is 16.9. The van der Waals surface area contributed by atoms with Crippen LogP contribution in [0.25, 0.3) is 44.9 Å². The molecule has 0 fully saturated rings. The number of para-hydroxylation sites is 1. The lowest BCUT2D eigenvalue weighted by molar-refractivity contribution is 0.582. The van der Waals surface area contributed by atoms with E-state index in [2.05, 4.69) is 183 Å². The van der Waals surface area contributed by atoms with Gasteiger partial charge < -0.3 is 13.7 Å². The Labute approximate surface area is 346 Å². The minimum atomic E-state index is -0.0588. The molecule has 59 heavy (non-hydrogen) atoms. The summed E-state index contributed by atoms with van der Waals surface area (Å²) in [6, 6.07) is 66.8. The number of benzene rings is 7. The van der Waals surface area contributed by atoms with Crippen molar-refractivity contribution in [1.82, 2.24) is 0 Å². The lowest BCUT2D eigenvalue weighted by Crippen LogP contribution is -2.65. The number of furan rings is 2. The topological polar surface area (TPSA) is 29.5 Å². The summed E-state index contributed by atoms with van der Waals surface area (Å²) >= 11 is 0. The molecule has 2 aliphatic rings. The van der Waals surface area contributed by atoms with Gasteiger partial charge in [-0.25, -0.2) is 0 Å². The molecule has 280 valence electrons. The zero-order chi connectivity index (χ0) is 39.7. The molecule has 0 bridgehead atoms. The molecule has 0 amide bonds. The number of rotatable bonds is 6. The van der Waals surface area contributed by atoms with Crippen LogP contribution >= 0.6 is 0 Å². The third kappa shape index (κ3) is 6.00. The molecule has 0 saturated heterocycles. The van der Waals surface area contributed by atoms with Crippen LogP contribution in [0.15, 0.2) is 203 Å². The molecule has 2 aromatic heterocycles. The van der Waals surface area contributed by atoms with Crippen LogP contribution in [-0.4, -0.2) is 13.4 Å². The van der Waals surface area contributed by atoms with Crippen molar-refractivity contribution < 1.29 is 8.83 Å². The van der Waals surface area contributed by atoms with Crippen molar-refractivity contribution in [2.24, 2.45) is 0 Å². The lowest BCUT2D eigenvalue weighted by atomic mass is 9.30. The van der Waals surface area contributed by atoms with Crippen LogP contribution in [0, 0.1) is 0 Å². The van der Waals surface area contributed by atoms with Crippen molar-refractivity contribution in [3.05, 3.63) is 200 Å². The van der Waals surface area contributed by atoms with Gasteiger partial charge in [-0.15, -0.1) is 0 Å². The molecule has 0 saturated carbocycles. The maximum atomic E-state index is 5.71. The van der Waals surface area contributed by atoms with Gasteiger partial charge in [0, 0.05) is 28.2 Å². The quantitative estimate of drug-likeness (QED) is 0.158. The zero-order valence-corrected chi connectivity index (χ0v) is 33.4. The van der Waals surface area contributed by atoms with Gasteiger partial charge in [0.1, 0.15) is 11.5 Å². The fraction of sp³-hybridized carbons (Fsp3) is 0.0741. The first-order valence-electron chi connectivity index (χ1n) is 20.5. The molecular weight excluding hydrogens is 716 g/mol. The van der Waals surface area contributed by atoms with Gasteiger partial charge in [-0.1, -0.05) is 177 Å². The first-order valence-corrected chi connectivity index (χ1v) is 20.5. The highest BCUT2D eigenvalue weighted by molar-refractivity contribution is 7.02. The maximum absolute atomic E-state index is 5.71. The Morgan fingerprint density at radius 3 is 1.42 bits per heavy atom. The largest absolute Gasteiger partial charge is 0.464 e. The molecule has 5 heteroatoms. The van der Waals surface area contributed by atoms with Crippen LogP contribution in [0.1, 0.15) is 26.3 Å². The highest BCUT2D eigenvalue weighted by atomic mass is 16.3. The average Bonchev–Trinajstić information content (AvgIpc) is 4.03. The van der Waals surface area contributed by atoms with E-state index in [4.69, 9.17) is 8.83 Å². The second-order valence-corrected chi connectivity index (χ2v) is 16.9. The number of fused-ring (bicyclic) bond motifs is 4. The summed E-state index contributed by atoms with van der Waals surface area (Å²) in [5.74, 6) is 1.76. The highest BCUT2D eigenvalue weighted by Gasteiger charge is 2.44. The Kier molecular flexibility index (Phi) is 8.27. The highest BCUT2D eigenvalue weighted by Crippen LogP contribution is 2.40. The molecule has 0 N–H and O–H groups in total. The van der Waals surface area contributed by atoms with Crippen molar-refractivity contribution in [2.75, 3.05) is 4.90 Å². The summed E-state index contributed by atoms with van der Waals surface area (Å²) < 4.78 is 11.4. The SMILES string of the molecule is CC(C)(C)c1cc2c3c(c1)B(c1ccccc1)c1ccc(-c4ccc(-c5ccco5)cc4)cc1N3c1ccccc1B2c1ccc(-c2ccc(-c3ccco3)cc2)cc1. The fourth-order valence-corrected chi connectivity index (χ4v) is 9.38. The van der Waals surface area contributed by atoms with Gasteiger partial charge in [0.15, 0.2) is 0 Å². The monoisotopic (exact) mass is 757 g/mol. The summed E-state index contributed by atoms with van der Waals surface area (Å²) in [6.45, 7) is 7.13. The predicted molar refractivity (Wildman–Crippen MR) is 248 cm³/mol. The van der Waals surface area contributed by atoms with E-state index < -0.39 is 0 Å². The normalized spacial score (nSPS) is 12.9. The van der Waals surface area contributed by atoms with E-state index in [9.17, 15) is 0 Å². The van der Waals surface area contributed by atoms with Gasteiger partial charge >= 0.3 is 0 Å². The van der Waals surface area contributed by atoms with Crippen molar-refractivity contribution in [2.45, 2.75) is 26.2 Å². The number of hydrogen-bond donors (Lipinski definition) is 0. The molecule has 0 unspecified atom stereocenters. The molecule has 11 rings (SSSR count). The van der Waals surface area contributed by atoms with Crippen LogP contribution in [0.4, 0.5) is 17.1 Å². The predicted octanol–water partition coefficient (Wildman–Crippen LogP) is 9.97. The molecule has 0 aliphatic carbocycles. The summed E-state index contributed by atoms with van der Waals surface area (Å²) in [7, 11) is 0. The summed E-state index contributed by atoms with van der Waals surface area (Å²) in [4.78, 5) is 2.58. The Bertz CT molecular complexity index is 2950. The lowest BCUT2D eigenvalue weighted by Gasteiger charge is -2.45. The van der Waals surface area contributed by atoms with Crippen molar-refractivity contribution in [3.8, 4) is 44.9 Å². The molecule has 3 nitrogen and oxygen atoms in total. The van der Waals surface area contributed by atoms with Gasteiger partial charge in [-0.3, -0.25) is 0 Å². The first-order chi connectivity index (χ1) is 28.9. The molecule has 0 radical (unpaired) electrons. The number of anilines is 3. The molecule has 4 heterocycles. The Hall–Kier alpha value is -6.97. The van der Waals surface area contributed by atoms with Crippen molar-refractivity contribution in [1.29, 1.82) is 0 Å². The van der Waals surface area contributed by atoms with Gasteiger partial charge in [-0.05, 0) is 91.5 Å². The van der Waals surface area contributed by atoms with E-state index in [1.165, 1.54) is 77.7 Å². The van der Waals surface area contributed by atoms with E-state index in [-0.39, 0.29) is 18.8 Å². The molecule has 2 aliphatic heterocycles. The molecule has 7 aromatic carbocycles. The van der Waals surface area contributed by atoms with E-state index in [1.54, 1.807) is 12.5 Å². The molecule has 0 spiro atoms. The van der Waals surface area contributed by atoms with Gasteiger partial charge in [0.2, 0.25) is 13.4 Å². The Balaban J connectivity index is 1.09. The Morgan fingerprint density at radius 2 is 0.864 bits per heavy atom. The maximum Gasteiger partial charge on any atom is 0.246 e. The summed E-state index contributed by atoms with van der Waals surface area (Å²) in [5, 5.41) is 0. The average molecular weight is 758 g/mol. The fourth-order valence-electron chi connectivity index (χ4n) is 9.38. The standard InChI is InChI=1S/C54H41B2NO2/c1-54(2,3)42-34-47-53-48(35-42)56(44-28-25-37(26-29-44)36-17-21-39(22-18-36)51-15-9-31-58-51)45-13-7-8-14-49(45)57(53)50-33-41(27-30-46(50)55(47)43-11-5-4-6-12-43)38-19-23-40(24-20-38)52-16-10-32-59-52/h4-35H,1-3H3. The molecule has 0 atom stereocenters. The number of nitrogens with zero attached hydrogens (tertiary/aromatic N) is 1. The van der Waals surface area contributed by atoms with Crippen molar-refractivity contribution in [3.63, 3.8) is 0 Å². The van der Waals surface area contributed by atoms with Gasteiger partial charge in [0.25, 0.3) is 0 Å². The van der Waals surface area contributed by atoms with E-state index in [1.807, 2.05) is 24.3 Å². The third-order valence-electron chi connectivity index (χ3n) is 12.4. The minimum Gasteiger partial charge on any atom is -0.464 e. The third-order valence-corrected chi connectivity index (χ3v) is 12.4. The minimum absolute atomic E-state index is 0.0455. The molecular formula is C54H41B2NO2. The smallest absolute Gasteiger partial charge is 0.246 e. The van der Waals surface area contributed by atoms with Crippen LogP contribution in [0.3, 0.4) is 0 Å². The zero-order valence-electron chi connectivity index (χ0n) is 33.4. The van der Waals surface area contributed by atoms with E-state index in [0.717, 1.165) is 22.6 Å². The van der Waals surface area contributed by atoms with Crippen LogP contribution in [0.5, 0.6) is 0 Å². The van der Waals surface area contributed by atoms with E-state index in [0.29, 0.717) is 0 Å². The summed E-state index contributed by atoms with van der Waals surface area (Å²) in [5.41, 5.74) is 19.8. The van der Waals surface area contributed by atoms with Gasteiger partial charge in [0.05, 0.1) is 12.5 Å². The van der Waals surface area contributed by atoms with E-state index >= 15 is 0 Å². The van der Waals surface area contributed by atoms with Crippen molar-refractivity contribution >= 4 is 63.3 Å². The Morgan fingerprint density at radius 1 is 0.390 bits per heavy atom. The van der Waals surface area contributed by atoms with Gasteiger partial charge in [-0.2, -0.15) is 0 Å².